The van der Waals surface area contributed by atoms with Crippen molar-refractivity contribution in [3.63, 3.8) is 0 Å². The normalized spacial score (nSPS) is 18.9. The van der Waals surface area contributed by atoms with Crippen molar-refractivity contribution in [2.45, 2.75) is 38.6 Å². The molecule has 0 bridgehead atoms. The Morgan fingerprint density at radius 2 is 2.33 bits per heavy atom. The number of aryl methyl sites for hydroxylation is 1. The first-order valence-corrected chi connectivity index (χ1v) is 10.7. The van der Waals surface area contributed by atoms with E-state index in [2.05, 4.69) is 20.5 Å². The zero-order chi connectivity index (χ0) is 20.7. The van der Waals surface area contributed by atoms with Crippen LogP contribution in [0.5, 0.6) is 0 Å². The number of hydrogen-bond donors (Lipinski definition) is 2. The molecule has 5 rings (SSSR count). The number of carbonyl (C=O) groups excluding carboxylic acids is 1. The molecule has 0 amide bonds. The minimum atomic E-state index is -0.660. The summed E-state index contributed by atoms with van der Waals surface area (Å²) in [5.41, 5.74) is 1.14. The maximum Gasteiger partial charge on any atom is 0.246 e. The van der Waals surface area contributed by atoms with Gasteiger partial charge in [0.25, 0.3) is 0 Å². The molecule has 4 aromatic rings. The van der Waals surface area contributed by atoms with Gasteiger partial charge in [-0.1, -0.05) is 0 Å². The highest BCUT2D eigenvalue weighted by molar-refractivity contribution is 7.09. The summed E-state index contributed by atoms with van der Waals surface area (Å²) in [7, 11) is 0. The van der Waals surface area contributed by atoms with Crippen LogP contribution in [0.25, 0.3) is 5.52 Å². The van der Waals surface area contributed by atoms with Crippen molar-refractivity contribution in [2.24, 2.45) is 0 Å². The number of aromatic amines is 1. The minimum absolute atomic E-state index is 0.142. The predicted molar refractivity (Wildman–Crippen MR) is 115 cm³/mol. The molecule has 9 nitrogen and oxygen atoms in total. The van der Waals surface area contributed by atoms with Crippen molar-refractivity contribution in [2.75, 3.05) is 16.8 Å². The molecule has 0 saturated carbocycles. The van der Waals surface area contributed by atoms with E-state index in [1.807, 2.05) is 48.5 Å². The van der Waals surface area contributed by atoms with E-state index in [1.165, 1.54) is 11.3 Å². The van der Waals surface area contributed by atoms with E-state index in [-0.39, 0.29) is 5.78 Å². The summed E-state index contributed by atoms with van der Waals surface area (Å²) in [6.45, 7) is 4.66. The number of nitrogens with zero attached hydrogens (tertiary/aromatic N) is 6. The van der Waals surface area contributed by atoms with Gasteiger partial charge < -0.3 is 10.2 Å². The molecule has 1 atom stereocenters. The molecule has 0 spiro atoms. The van der Waals surface area contributed by atoms with Crippen molar-refractivity contribution in [1.82, 2.24) is 29.8 Å². The number of rotatable bonds is 6. The second-order valence-electron chi connectivity index (χ2n) is 7.71. The maximum atomic E-state index is 13.2. The number of anilines is 3. The average Bonchev–Trinajstić information content (AvgIpc) is 3.50. The fourth-order valence-electron chi connectivity index (χ4n) is 3.97. The van der Waals surface area contributed by atoms with Crippen LogP contribution in [-0.2, 0) is 11.2 Å². The highest BCUT2D eigenvalue weighted by atomic mass is 32.1. The highest BCUT2D eigenvalue weighted by Crippen LogP contribution is 2.35. The Morgan fingerprint density at radius 3 is 3.10 bits per heavy atom. The molecule has 1 aliphatic heterocycles. The molecule has 0 aromatic carbocycles. The lowest BCUT2D eigenvalue weighted by Gasteiger charge is -2.33. The fraction of sp³-hybridized carbons (Fsp3) is 0.350. The number of ketones is 1. The average molecular weight is 423 g/mol. The molecule has 0 radical (unpaired) electrons. The fourth-order valence-corrected chi connectivity index (χ4v) is 4.59. The third-order valence-electron chi connectivity index (χ3n) is 5.61. The number of thiazole rings is 1. The molecule has 4 aromatic heterocycles. The smallest absolute Gasteiger partial charge is 0.246 e. The molecule has 10 heteroatoms. The maximum absolute atomic E-state index is 13.2. The first-order chi connectivity index (χ1) is 14.5. The van der Waals surface area contributed by atoms with E-state index in [0.717, 1.165) is 35.6 Å². The molecule has 5 heterocycles. The number of hydrogen-bond acceptors (Lipinski definition) is 8. The topological polar surface area (TPSA) is 104 Å². The second kappa shape index (κ2) is 7.21. The summed E-state index contributed by atoms with van der Waals surface area (Å²) in [5, 5.41) is 17.9. The Hall–Kier alpha value is -3.27. The predicted octanol–water partition coefficient (Wildman–Crippen LogP) is 3.13. The molecule has 154 valence electrons. The first kappa shape index (κ1) is 18.7. The van der Waals surface area contributed by atoms with Gasteiger partial charge in [0, 0.05) is 36.1 Å². The van der Waals surface area contributed by atoms with Crippen molar-refractivity contribution >= 4 is 40.2 Å². The lowest BCUT2D eigenvalue weighted by Crippen LogP contribution is -2.49. The lowest BCUT2D eigenvalue weighted by molar-refractivity contribution is -0.122. The van der Waals surface area contributed by atoms with Gasteiger partial charge >= 0.3 is 0 Å². The van der Waals surface area contributed by atoms with Gasteiger partial charge in [-0.25, -0.2) is 9.50 Å². The van der Waals surface area contributed by atoms with Crippen LogP contribution in [0, 0.1) is 6.92 Å². The van der Waals surface area contributed by atoms with E-state index >= 15 is 0 Å². The largest absolute Gasteiger partial charge is 0.327 e. The van der Waals surface area contributed by atoms with Crippen LogP contribution in [0.3, 0.4) is 0 Å². The summed E-state index contributed by atoms with van der Waals surface area (Å²) in [5.74, 6) is 2.01. The number of nitrogens with one attached hydrogen (secondary N) is 2. The third-order valence-corrected chi connectivity index (χ3v) is 6.39. The quantitative estimate of drug-likeness (QED) is 0.492. The van der Waals surface area contributed by atoms with Gasteiger partial charge in [-0.3, -0.25) is 9.89 Å². The SMILES string of the molecule is Cc1cc(Nc2nc(N3CCC[C@@]3(C)C(=O)Cc3nccs3)nn3cccc23)n[nH]1. The van der Waals surface area contributed by atoms with Crippen molar-refractivity contribution in [1.29, 1.82) is 0 Å². The van der Waals surface area contributed by atoms with Crippen molar-refractivity contribution < 1.29 is 4.79 Å². The Morgan fingerprint density at radius 1 is 1.43 bits per heavy atom. The van der Waals surface area contributed by atoms with Gasteiger partial charge in [-0.05, 0) is 38.8 Å². The number of H-pyrrole nitrogens is 1. The molecule has 1 aliphatic rings. The first-order valence-electron chi connectivity index (χ1n) is 9.87. The number of carbonyl (C=O) groups is 1. The standard InChI is InChI=1S/C20H22N8OS/c1-13-11-16(25-24-13)22-18-14-5-3-9-28(14)26-19(23-18)27-8-4-6-20(27,2)15(29)12-17-21-7-10-30-17/h3,5,7,9-11H,4,6,8,12H2,1-2H3,(H2,22,23,24,25,26)/t20-/m0/s1. The van der Waals surface area contributed by atoms with Crippen LogP contribution in [0.15, 0.2) is 36.0 Å². The summed E-state index contributed by atoms with van der Waals surface area (Å²) in [4.78, 5) is 24.4. The van der Waals surface area contributed by atoms with Crippen LogP contribution < -0.4 is 10.2 Å². The Kier molecular flexibility index (Phi) is 4.50. The van der Waals surface area contributed by atoms with Gasteiger partial charge in [-0.15, -0.1) is 16.4 Å². The van der Waals surface area contributed by atoms with Gasteiger partial charge in [0.05, 0.1) is 17.0 Å². The van der Waals surface area contributed by atoms with Crippen molar-refractivity contribution in [3.8, 4) is 0 Å². The molecular weight excluding hydrogens is 400 g/mol. The highest BCUT2D eigenvalue weighted by Gasteiger charge is 2.44. The monoisotopic (exact) mass is 422 g/mol. The van der Waals surface area contributed by atoms with Gasteiger partial charge in [0.15, 0.2) is 17.4 Å². The Balaban J connectivity index is 1.50. The lowest BCUT2D eigenvalue weighted by atomic mass is 9.91. The molecule has 0 aliphatic carbocycles. The summed E-state index contributed by atoms with van der Waals surface area (Å²) in [6, 6.07) is 5.78. The van der Waals surface area contributed by atoms with Crippen molar-refractivity contribution in [3.05, 3.63) is 46.7 Å². The van der Waals surface area contributed by atoms with Gasteiger partial charge in [-0.2, -0.15) is 10.1 Å². The third kappa shape index (κ3) is 3.22. The number of fused-ring (bicyclic) bond motifs is 1. The summed E-state index contributed by atoms with van der Waals surface area (Å²) in [6.07, 6.45) is 5.63. The summed E-state index contributed by atoms with van der Waals surface area (Å²) >= 11 is 1.51. The van der Waals surface area contributed by atoms with E-state index < -0.39 is 5.54 Å². The van der Waals surface area contributed by atoms with E-state index in [1.54, 1.807) is 10.7 Å². The van der Waals surface area contributed by atoms with Gasteiger partial charge in [0.1, 0.15) is 5.52 Å². The van der Waals surface area contributed by atoms with E-state index in [4.69, 9.17) is 10.1 Å². The Labute approximate surface area is 177 Å². The summed E-state index contributed by atoms with van der Waals surface area (Å²) < 4.78 is 1.79. The Bertz CT molecular complexity index is 1200. The minimum Gasteiger partial charge on any atom is -0.327 e. The molecular formula is C20H22N8OS. The molecule has 1 saturated heterocycles. The molecule has 2 N–H and O–H groups in total. The van der Waals surface area contributed by atoms with Crippen LogP contribution >= 0.6 is 11.3 Å². The van der Waals surface area contributed by atoms with E-state index in [0.29, 0.717) is 24.0 Å². The van der Waals surface area contributed by atoms with Crippen LogP contribution in [0.2, 0.25) is 0 Å². The number of Topliss-reactive ketones (excluding diaryl/α,β-unsaturated/α-hetero) is 1. The molecule has 30 heavy (non-hydrogen) atoms. The van der Waals surface area contributed by atoms with E-state index in [9.17, 15) is 4.79 Å². The number of aromatic nitrogens is 6. The zero-order valence-electron chi connectivity index (χ0n) is 16.8. The van der Waals surface area contributed by atoms with Crippen LogP contribution in [0.1, 0.15) is 30.5 Å². The van der Waals surface area contributed by atoms with Gasteiger partial charge in [0.2, 0.25) is 5.95 Å². The molecule has 1 fully saturated rings. The second-order valence-corrected chi connectivity index (χ2v) is 8.69. The molecule has 0 unspecified atom stereocenters. The van der Waals surface area contributed by atoms with Crippen LogP contribution in [-0.4, -0.2) is 47.6 Å². The van der Waals surface area contributed by atoms with Crippen LogP contribution in [0.4, 0.5) is 17.6 Å². The zero-order valence-corrected chi connectivity index (χ0v) is 17.6.